The molecular weight excluding hydrogens is 298 g/mol. The van der Waals surface area contributed by atoms with Crippen molar-refractivity contribution >= 4 is 21.6 Å². The number of ether oxygens (including phenoxy) is 1. The van der Waals surface area contributed by atoms with E-state index in [0.717, 1.165) is 18.4 Å². The Hall–Kier alpha value is -0.940. The summed E-state index contributed by atoms with van der Waals surface area (Å²) in [5.74, 6) is 0.679. The van der Waals surface area contributed by atoms with Crippen LogP contribution in [0, 0.1) is 16.0 Å². The highest BCUT2D eigenvalue weighted by atomic mass is 79.9. The molecule has 0 bridgehead atoms. The minimum Gasteiger partial charge on any atom is -0.377 e. The molecule has 0 aliphatic rings. The summed E-state index contributed by atoms with van der Waals surface area (Å²) in [5, 5.41) is 10.8. The third-order valence-electron chi connectivity index (χ3n) is 2.58. The van der Waals surface area contributed by atoms with Crippen molar-refractivity contribution in [2.75, 3.05) is 6.61 Å². The van der Waals surface area contributed by atoms with Gasteiger partial charge in [-0.2, -0.15) is 0 Å². The summed E-state index contributed by atoms with van der Waals surface area (Å²) in [7, 11) is 0. The second-order valence-electron chi connectivity index (χ2n) is 4.60. The number of benzene rings is 1. The molecule has 0 amide bonds. The van der Waals surface area contributed by atoms with Crippen LogP contribution < -0.4 is 0 Å². The van der Waals surface area contributed by atoms with E-state index < -0.39 is 4.92 Å². The van der Waals surface area contributed by atoms with Crippen molar-refractivity contribution in [3.63, 3.8) is 0 Å². The van der Waals surface area contributed by atoms with Crippen molar-refractivity contribution in [2.24, 2.45) is 5.92 Å². The number of rotatable bonds is 7. The number of hydrogen-bond donors (Lipinski definition) is 0. The molecule has 0 radical (unpaired) electrons. The molecule has 0 atom stereocenters. The molecule has 0 aliphatic heterocycles. The Bertz CT molecular complexity index is 407. The zero-order valence-electron chi connectivity index (χ0n) is 10.7. The van der Waals surface area contributed by atoms with E-state index in [1.54, 1.807) is 6.07 Å². The lowest BCUT2D eigenvalue weighted by atomic mass is 10.1. The summed E-state index contributed by atoms with van der Waals surface area (Å²) >= 11 is 3.25. The monoisotopic (exact) mass is 315 g/mol. The molecule has 1 aromatic rings. The first-order chi connectivity index (χ1) is 8.52. The average molecular weight is 316 g/mol. The van der Waals surface area contributed by atoms with Gasteiger partial charge in [-0.3, -0.25) is 10.1 Å². The van der Waals surface area contributed by atoms with Crippen LogP contribution in [0.5, 0.6) is 0 Å². The lowest BCUT2D eigenvalue weighted by Gasteiger charge is -2.07. The van der Waals surface area contributed by atoms with Crippen LogP contribution in [0.2, 0.25) is 0 Å². The summed E-state index contributed by atoms with van der Waals surface area (Å²) in [4.78, 5) is 10.4. The largest absolute Gasteiger partial charge is 0.377 e. The first-order valence-electron chi connectivity index (χ1n) is 6.02. The van der Waals surface area contributed by atoms with Gasteiger partial charge in [0.2, 0.25) is 0 Å². The molecule has 0 aromatic heterocycles. The third kappa shape index (κ3) is 4.74. The molecule has 100 valence electrons. The predicted octanol–water partition coefficient (Wildman–Crippen LogP) is 4.31. The van der Waals surface area contributed by atoms with Crippen molar-refractivity contribution in [3.8, 4) is 0 Å². The Morgan fingerprint density at radius 2 is 2.17 bits per heavy atom. The Morgan fingerprint density at radius 1 is 1.44 bits per heavy atom. The van der Waals surface area contributed by atoms with Gasteiger partial charge >= 0.3 is 0 Å². The number of nitro benzene ring substituents is 1. The summed E-state index contributed by atoms with van der Waals surface area (Å²) in [5.41, 5.74) is 0.895. The fourth-order valence-corrected chi connectivity index (χ4v) is 2.12. The molecule has 0 unspecified atom stereocenters. The van der Waals surface area contributed by atoms with Crippen molar-refractivity contribution in [2.45, 2.75) is 33.3 Å². The average Bonchev–Trinajstić information content (AvgIpc) is 2.30. The van der Waals surface area contributed by atoms with E-state index in [-0.39, 0.29) is 5.69 Å². The Balaban J connectivity index is 2.48. The van der Waals surface area contributed by atoms with Gasteiger partial charge in [-0.15, -0.1) is 0 Å². The van der Waals surface area contributed by atoms with E-state index in [1.165, 1.54) is 6.07 Å². The molecule has 0 saturated heterocycles. The van der Waals surface area contributed by atoms with Crippen LogP contribution >= 0.6 is 15.9 Å². The maximum absolute atomic E-state index is 10.8. The standard InChI is InChI=1S/C13H18BrNO3/c1-10(2)5-4-8-18-9-11-6-3-7-12(13(11)14)15(16)17/h3,6-7,10H,4-5,8-9H2,1-2H3. The normalized spacial score (nSPS) is 10.9. The van der Waals surface area contributed by atoms with Crippen molar-refractivity contribution in [1.82, 2.24) is 0 Å². The maximum atomic E-state index is 10.8. The van der Waals surface area contributed by atoms with Gasteiger partial charge in [0, 0.05) is 12.7 Å². The topological polar surface area (TPSA) is 52.4 Å². The molecule has 0 heterocycles. The van der Waals surface area contributed by atoms with E-state index in [2.05, 4.69) is 29.8 Å². The van der Waals surface area contributed by atoms with E-state index in [4.69, 9.17) is 4.74 Å². The molecule has 0 spiro atoms. The first kappa shape index (κ1) is 15.1. The molecular formula is C13H18BrNO3. The Kier molecular flexibility index (Phi) is 6.29. The van der Waals surface area contributed by atoms with Crippen LogP contribution in [0.1, 0.15) is 32.3 Å². The molecule has 0 saturated carbocycles. The highest BCUT2D eigenvalue weighted by Crippen LogP contribution is 2.28. The quantitative estimate of drug-likeness (QED) is 0.428. The van der Waals surface area contributed by atoms with Gasteiger partial charge in [-0.1, -0.05) is 26.0 Å². The SMILES string of the molecule is CC(C)CCCOCc1cccc([N+](=O)[O-])c1Br. The minimum absolute atomic E-state index is 0.0817. The fraction of sp³-hybridized carbons (Fsp3) is 0.538. The smallest absolute Gasteiger partial charge is 0.283 e. The number of hydrogen-bond acceptors (Lipinski definition) is 3. The lowest BCUT2D eigenvalue weighted by Crippen LogP contribution is -2.00. The van der Waals surface area contributed by atoms with Crippen LogP contribution in [0.25, 0.3) is 0 Å². The lowest BCUT2D eigenvalue weighted by molar-refractivity contribution is -0.385. The molecule has 1 rings (SSSR count). The summed E-state index contributed by atoms with van der Waals surface area (Å²) < 4.78 is 6.05. The number of nitro groups is 1. The van der Waals surface area contributed by atoms with Gasteiger partial charge in [0.25, 0.3) is 5.69 Å². The number of nitrogens with zero attached hydrogens (tertiary/aromatic N) is 1. The molecule has 1 aromatic carbocycles. The molecule has 0 aliphatic carbocycles. The number of halogens is 1. The van der Waals surface area contributed by atoms with Gasteiger partial charge in [0.15, 0.2) is 0 Å². The summed E-state index contributed by atoms with van der Waals surface area (Å²) in [6, 6.07) is 4.99. The Labute approximate surface area is 116 Å². The highest BCUT2D eigenvalue weighted by molar-refractivity contribution is 9.10. The minimum atomic E-state index is -0.396. The van der Waals surface area contributed by atoms with Gasteiger partial charge in [0.1, 0.15) is 4.47 Å². The van der Waals surface area contributed by atoms with Gasteiger partial charge in [-0.25, -0.2) is 0 Å². The third-order valence-corrected chi connectivity index (χ3v) is 3.50. The van der Waals surface area contributed by atoms with Crippen molar-refractivity contribution < 1.29 is 9.66 Å². The van der Waals surface area contributed by atoms with E-state index in [9.17, 15) is 10.1 Å². The van der Waals surface area contributed by atoms with E-state index >= 15 is 0 Å². The van der Waals surface area contributed by atoms with Gasteiger partial charge < -0.3 is 4.74 Å². The fourth-order valence-electron chi connectivity index (χ4n) is 1.59. The predicted molar refractivity (Wildman–Crippen MR) is 74.5 cm³/mol. The van der Waals surface area contributed by atoms with Crippen LogP contribution in [-0.2, 0) is 11.3 Å². The zero-order valence-corrected chi connectivity index (χ0v) is 12.3. The van der Waals surface area contributed by atoms with Gasteiger partial charge in [-0.05, 0) is 40.3 Å². The van der Waals surface area contributed by atoms with Gasteiger partial charge in [0.05, 0.1) is 11.5 Å². The second kappa shape index (κ2) is 7.48. The molecule has 0 N–H and O–H groups in total. The molecule has 18 heavy (non-hydrogen) atoms. The van der Waals surface area contributed by atoms with Crippen LogP contribution in [0.15, 0.2) is 22.7 Å². The molecule has 4 nitrogen and oxygen atoms in total. The van der Waals surface area contributed by atoms with Crippen molar-refractivity contribution in [1.29, 1.82) is 0 Å². The molecule has 5 heteroatoms. The maximum Gasteiger partial charge on any atom is 0.283 e. The van der Waals surface area contributed by atoms with Crippen LogP contribution in [0.3, 0.4) is 0 Å². The summed E-state index contributed by atoms with van der Waals surface area (Å²) in [6.07, 6.45) is 2.15. The van der Waals surface area contributed by atoms with E-state index in [0.29, 0.717) is 23.6 Å². The zero-order chi connectivity index (χ0) is 13.5. The van der Waals surface area contributed by atoms with Crippen LogP contribution in [-0.4, -0.2) is 11.5 Å². The van der Waals surface area contributed by atoms with Crippen LogP contribution in [0.4, 0.5) is 5.69 Å². The second-order valence-corrected chi connectivity index (χ2v) is 5.39. The van der Waals surface area contributed by atoms with E-state index in [1.807, 2.05) is 6.07 Å². The summed E-state index contributed by atoms with van der Waals surface area (Å²) in [6.45, 7) is 5.45. The Morgan fingerprint density at radius 3 is 2.78 bits per heavy atom. The molecule has 0 fully saturated rings. The van der Waals surface area contributed by atoms with Crippen molar-refractivity contribution in [3.05, 3.63) is 38.3 Å². The first-order valence-corrected chi connectivity index (χ1v) is 6.81. The highest BCUT2D eigenvalue weighted by Gasteiger charge is 2.14.